The van der Waals surface area contributed by atoms with E-state index in [0.29, 0.717) is 0 Å². The zero-order chi connectivity index (χ0) is 10.8. The number of fused-ring (bicyclic) bond motifs is 1. The Labute approximate surface area is 95.5 Å². The third-order valence-corrected chi connectivity index (χ3v) is 3.02. The van der Waals surface area contributed by atoms with Crippen LogP contribution >= 0.6 is 0 Å². The van der Waals surface area contributed by atoms with Gasteiger partial charge < -0.3 is 0 Å². The minimum absolute atomic E-state index is 0.984. The van der Waals surface area contributed by atoms with E-state index in [4.69, 9.17) is 0 Å². The van der Waals surface area contributed by atoms with Gasteiger partial charge in [0.2, 0.25) is 0 Å². The van der Waals surface area contributed by atoms with Crippen molar-refractivity contribution in [1.82, 2.24) is 4.98 Å². The minimum Gasteiger partial charge on any atom is -0.260 e. The van der Waals surface area contributed by atoms with Crippen molar-refractivity contribution in [2.45, 2.75) is 12.8 Å². The lowest BCUT2D eigenvalue weighted by molar-refractivity contribution is 1.13. The molecule has 0 unspecified atom stereocenters. The molecule has 0 bridgehead atoms. The number of nitrogens with zero attached hydrogens (tertiary/aromatic N) is 1. The van der Waals surface area contributed by atoms with E-state index < -0.39 is 0 Å². The van der Waals surface area contributed by atoms with E-state index in [-0.39, 0.29) is 0 Å². The molecule has 0 amide bonds. The smallest absolute Gasteiger partial charge is 0.0516 e. The van der Waals surface area contributed by atoms with Crippen LogP contribution in [0.25, 0.3) is 5.57 Å². The number of pyridine rings is 1. The summed E-state index contributed by atoms with van der Waals surface area (Å²) >= 11 is 0. The summed E-state index contributed by atoms with van der Waals surface area (Å²) < 4.78 is 0. The van der Waals surface area contributed by atoms with E-state index in [0.717, 1.165) is 12.8 Å². The Balaban J connectivity index is 1.89. The molecule has 78 valence electrons. The maximum atomic E-state index is 4.40. The highest BCUT2D eigenvalue weighted by Crippen LogP contribution is 2.28. The van der Waals surface area contributed by atoms with Crippen LogP contribution in [-0.4, -0.2) is 4.98 Å². The second-order valence-electron chi connectivity index (χ2n) is 4.09. The van der Waals surface area contributed by atoms with E-state index >= 15 is 0 Å². The first kappa shape index (κ1) is 9.34. The van der Waals surface area contributed by atoms with Crippen molar-refractivity contribution < 1.29 is 0 Å². The summed E-state index contributed by atoms with van der Waals surface area (Å²) in [4.78, 5) is 4.40. The number of benzene rings is 1. The molecule has 0 aliphatic heterocycles. The summed E-state index contributed by atoms with van der Waals surface area (Å²) in [5, 5.41) is 0. The summed E-state index contributed by atoms with van der Waals surface area (Å²) in [6.45, 7) is 0. The van der Waals surface area contributed by atoms with Gasteiger partial charge >= 0.3 is 0 Å². The van der Waals surface area contributed by atoms with Crippen molar-refractivity contribution >= 4 is 5.57 Å². The van der Waals surface area contributed by atoms with E-state index in [1.54, 1.807) is 0 Å². The van der Waals surface area contributed by atoms with Crippen molar-refractivity contribution in [3.05, 3.63) is 71.6 Å². The molecule has 0 saturated carbocycles. The molecule has 0 fully saturated rings. The van der Waals surface area contributed by atoms with Gasteiger partial charge in [-0.1, -0.05) is 42.5 Å². The van der Waals surface area contributed by atoms with E-state index in [2.05, 4.69) is 47.5 Å². The molecule has 0 N–H and O–H groups in total. The van der Waals surface area contributed by atoms with Gasteiger partial charge in [-0.25, -0.2) is 0 Å². The molecule has 1 aliphatic carbocycles. The minimum atomic E-state index is 0.984. The highest BCUT2D eigenvalue weighted by molar-refractivity contribution is 5.73. The van der Waals surface area contributed by atoms with Gasteiger partial charge in [-0.05, 0) is 29.2 Å². The van der Waals surface area contributed by atoms with Crippen LogP contribution in [0.5, 0.6) is 0 Å². The number of aromatic nitrogens is 1. The third-order valence-electron chi connectivity index (χ3n) is 3.02. The number of hydrogen-bond donors (Lipinski definition) is 0. The summed E-state index contributed by atoms with van der Waals surface area (Å²) in [7, 11) is 0. The molecular weight excluding hydrogens is 194 g/mol. The van der Waals surface area contributed by atoms with Gasteiger partial charge in [-0.15, -0.1) is 0 Å². The summed E-state index contributed by atoms with van der Waals surface area (Å²) in [6, 6.07) is 14.8. The molecule has 0 radical (unpaired) electrons. The van der Waals surface area contributed by atoms with Gasteiger partial charge in [-0.2, -0.15) is 0 Å². The normalized spacial score (nSPS) is 13.4. The standard InChI is InChI=1S/C15H13N/c1-2-5-12(6-3-1)11-13-8-9-15-14(13)7-4-10-16-15/h1-8,10H,9,11H2. The van der Waals surface area contributed by atoms with Gasteiger partial charge in [-0.3, -0.25) is 4.98 Å². The lowest BCUT2D eigenvalue weighted by Crippen LogP contribution is -1.91. The average molecular weight is 207 g/mol. The summed E-state index contributed by atoms with van der Waals surface area (Å²) in [6.07, 6.45) is 6.17. The molecule has 0 saturated heterocycles. The molecule has 1 aromatic carbocycles. The van der Waals surface area contributed by atoms with Crippen LogP contribution in [0.4, 0.5) is 0 Å². The highest BCUT2D eigenvalue weighted by Gasteiger charge is 2.14. The Hall–Kier alpha value is -1.89. The van der Waals surface area contributed by atoms with Crippen molar-refractivity contribution in [2.75, 3.05) is 0 Å². The molecule has 1 aromatic heterocycles. The Morgan fingerprint density at radius 3 is 2.75 bits per heavy atom. The quantitative estimate of drug-likeness (QED) is 0.736. The Kier molecular flexibility index (Phi) is 2.30. The van der Waals surface area contributed by atoms with Gasteiger partial charge in [0.15, 0.2) is 0 Å². The first-order valence-corrected chi connectivity index (χ1v) is 5.61. The van der Waals surface area contributed by atoms with Crippen LogP contribution in [0, 0.1) is 0 Å². The van der Waals surface area contributed by atoms with Crippen LogP contribution in [-0.2, 0) is 12.8 Å². The van der Waals surface area contributed by atoms with E-state index in [9.17, 15) is 0 Å². The average Bonchev–Trinajstić information content (AvgIpc) is 2.74. The molecule has 0 atom stereocenters. The fraction of sp³-hybridized carbons (Fsp3) is 0.133. The maximum Gasteiger partial charge on any atom is 0.0516 e. The molecule has 16 heavy (non-hydrogen) atoms. The summed E-state index contributed by atoms with van der Waals surface area (Å²) in [5.74, 6) is 0. The second-order valence-corrected chi connectivity index (χ2v) is 4.09. The molecule has 2 aromatic rings. The third kappa shape index (κ3) is 1.65. The van der Waals surface area contributed by atoms with Crippen molar-refractivity contribution in [2.24, 2.45) is 0 Å². The molecule has 1 aliphatic rings. The van der Waals surface area contributed by atoms with Crippen LogP contribution in [0.3, 0.4) is 0 Å². The van der Waals surface area contributed by atoms with Gasteiger partial charge in [0.05, 0.1) is 5.69 Å². The van der Waals surface area contributed by atoms with E-state index in [1.165, 1.54) is 22.4 Å². The highest BCUT2D eigenvalue weighted by atomic mass is 14.7. The molecule has 1 nitrogen and oxygen atoms in total. The predicted molar refractivity (Wildman–Crippen MR) is 66.1 cm³/mol. The fourth-order valence-corrected chi connectivity index (χ4v) is 2.21. The molecule has 1 heterocycles. The largest absolute Gasteiger partial charge is 0.260 e. The van der Waals surface area contributed by atoms with Crippen LogP contribution in [0.15, 0.2) is 54.7 Å². The second kappa shape index (κ2) is 3.93. The lowest BCUT2D eigenvalue weighted by Gasteiger charge is -2.04. The Morgan fingerprint density at radius 1 is 1.00 bits per heavy atom. The van der Waals surface area contributed by atoms with Crippen LogP contribution < -0.4 is 0 Å². The SMILES string of the molecule is C1=C(Cc2ccccc2)c2cccnc2C1. The summed E-state index contributed by atoms with van der Waals surface area (Å²) in [5.41, 5.74) is 5.32. The lowest BCUT2D eigenvalue weighted by atomic mass is 10.0. The first-order chi connectivity index (χ1) is 7.93. The van der Waals surface area contributed by atoms with Crippen LogP contribution in [0.1, 0.15) is 16.8 Å². The van der Waals surface area contributed by atoms with Crippen molar-refractivity contribution in [3.8, 4) is 0 Å². The maximum absolute atomic E-state index is 4.40. The zero-order valence-corrected chi connectivity index (χ0v) is 9.06. The Morgan fingerprint density at radius 2 is 1.88 bits per heavy atom. The van der Waals surface area contributed by atoms with Gasteiger partial charge in [0, 0.05) is 12.6 Å². The monoisotopic (exact) mass is 207 g/mol. The fourth-order valence-electron chi connectivity index (χ4n) is 2.21. The molecule has 1 heteroatoms. The molecule has 3 rings (SSSR count). The zero-order valence-electron chi connectivity index (χ0n) is 9.06. The number of rotatable bonds is 2. The molecule has 0 spiro atoms. The predicted octanol–water partition coefficient (Wildman–Crippen LogP) is 3.26. The molecular formula is C15H13N. The number of allylic oxidation sites excluding steroid dienone is 2. The van der Waals surface area contributed by atoms with Crippen molar-refractivity contribution in [1.29, 1.82) is 0 Å². The van der Waals surface area contributed by atoms with Crippen molar-refractivity contribution in [3.63, 3.8) is 0 Å². The Bertz CT molecular complexity index is 526. The van der Waals surface area contributed by atoms with Gasteiger partial charge in [0.25, 0.3) is 0 Å². The number of hydrogen-bond acceptors (Lipinski definition) is 1. The van der Waals surface area contributed by atoms with Gasteiger partial charge in [0.1, 0.15) is 0 Å². The first-order valence-electron chi connectivity index (χ1n) is 5.61. The van der Waals surface area contributed by atoms with Crippen LogP contribution in [0.2, 0.25) is 0 Å². The van der Waals surface area contributed by atoms with E-state index in [1.807, 2.05) is 12.3 Å². The topological polar surface area (TPSA) is 12.9 Å².